The van der Waals surface area contributed by atoms with Crippen molar-refractivity contribution >= 4 is 24.0 Å². The maximum atomic E-state index is 5.57. The summed E-state index contributed by atoms with van der Waals surface area (Å²) in [4.78, 5) is 4.06. The summed E-state index contributed by atoms with van der Waals surface area (Å²) in [5.41, 5.74) is 2.13. The molecular weight excluding hydrogens is 169 g/mol. The third kappa shape index (κ3) is 2.16. The average Bonchev–Trinajstić information content (AvgIpc) is 1.89. The van der Waals surface area contributed by atoms with Crippen molar-refractivity contribution in [2.45, 2.75) is 12.8 Å². The Kier molecular flexibility index (Phi) is 4.41. The zero-order valence-corrected chi connectivity index (χ0v) is 7.25. The minimum absolute atomic E-state index is 0. The largest absolute Gasteiger partial charge is 0.260 e. The second kappa shape index (κ2) is 4.53. The predicted octanol–water partition coefficient (Wildman–Crippen LogP) is 2.55. The van der Waals surface area contributed by atoms with Crippen LogP contribution in [0.5, 0.6) is 0 Å². The number of aryl methyl sites for hydroxylation is 1. The summed E-state index contributed by atoms with van der Waals surface area (Å²) in [5.74, 6) is 0.507. The van der Waals surface area contributed by atoms with Gasteiger partial charge in [0.05, 0.1) is 11.6 Å². The van der Waals surface area contributed by atoms with Crippen molar-refractivity contribution in [1.82, 2.24) is 4.98 Å². The van der Waals surface area contributed by atoms with Gasteiger partial charge >= 0.3 is 0 Å². The maximum absolute atomic E-state index is 5.57. The van der Waals surface area contributed by atoms with E-state index in [2.05, 4.69) is 4.98 Å². The number of hydrogen-bond acceptors (Lipinski definition) is 1. The fourth-order valence-corrected chi connectivity index (χ4v) is 0.938. The number of halogens is 2. The van der Waals surface area contributed by atoms with Gasteiger partial charge in [-0.15, -0.1) is 24.0 Å². The van der Waals surface area contributed by atoms with E-state index in [1.165, 1.54) is 0 Å². The second-order valence-corrected chi connectivity index (χ2v) is 2.17. The topological polar surface area (TPSA) is 12.9 Å². The first-order valence-electron chi connectivity index (χ1n) is 2.81. The van der Waals surface area contributed by atoms with Crippen LogP contribution in [-0.4, -0.2) is 4.98 Å². The van der Waals surface area contributed by atoms with Crippen LogP contribution in [0.25, 0.3) is 0 Å². The summed E-state index contributed by atoms with van der Waals surface area (Å²) in [7, 11) is 0. The van der Waals surface area contributed by atoms with Gasteiger partial charge in [-0.3, -0.25) is 4.98 Å². The molecule has 0 radical (unpaired) electrons. The third-order valence-corrected chi connectivity index (χ3v) is 1.50. The number of rotatable bonds is 1. The number of alkyl halides is 1. The first-order valence-corrected chi connectivity index (χ1v) is 3.34. The van der Waals surface area contributed by atoms with Crippen LogP contribution in [0.1, 0.15) is 11.3 Å². The highest BCUT2D eigenvalue weighted by atomic mass is 35.5. The van der Waals surface area contributed by atoms with Gasteiger partial charge in [0.2, 0.25) is 0 Å². The summed E-state index contributed by atoms with van der Waals surface area (Å²) in [6.45, 7) is 2.00. The first kappa shape index (κ1) is 9.73. The van der Waals surface area contributed by atoms with Crippen molar-refractivity contribution in [3.8, 4) is 0 Å². The molecule has 0 aromatic carbocycles. The SMILES string of the molecule is Cc1cccnc1CCl.Cl. The number of nitrogens with zero attached hydrogens (tertiary/aromatic N) is 1. The van der Waals surface area contributed by atoms with Crippen molar-refractivity contribution in [1.29, 1.82) is 0 Å². The summed E-state index contributed by atoms with van der Waals surface area (Å²) in [5, 5.41) is 0. The minimum Gasteiger partial charge on any atom is -0.260 e. The van der Waals surface area contributed by atoms with Gasteiger partial charge in [-0.25, -0.2) is 0 Å². The molecule has 0 bridgehead atoms. The standard InChI is InChI=1S/C7H8ClN.ClH/c1-6-3-2-4-9-7(6)5-8;/h2-4H,5H2,1H3;1H. The monoisotopic (exact) mass is 177 g/mol. The molecule has 1 heterocycles. The van der Waals surface area contributed by atoms with Crippen LogP contribution < -0.4 is 0 Å². The minimum atomic E-state index is 0. The van der Waals surface area contributed by atoms with Crippen molar-refractivity contribution in [3.05, 3.63) is 29.6 Å². The van der Waals surface area contributed by atoms with Crippen LogP contribution in [0.15, 0.2) is 18.3 Å². The lowest BCUT2D eigenvalue weighted by atomic mass is 10.2. The van der Waals surface area contributed by atoms with Gasteiger partial charge in [0, 0.05) is 6.20 Å². The van der Waals surface area contributed by atoms with Gasteiger partial charge in [-0.1, -0.05) is 6.07 Å². The lowest BCUT2D eigenvalue weighted by Gasteiger charge is -1.96. The van der Waals surface area contributed by atoms with Crippen LogP contribution in [0, 0.1) is 6.92 Å². The molecule has 0 aliphatic rings. The van der Waals surface area contributed by atoms with E-state index < -0.39 is 0 Å². The van der Waals surface area contributed by atoms with Gasteiger partial charge in [-0.05, 0) is 18.6 Å². The maximum Gasteiger partial charge on any atom is 0.0650 e. The molecule has 1 nitrogen and oxygen atoms in total. The Morgan fingerprint density at radius 3 is 2.70 bits per heavy atom. The Morgan fingerprint density at radius 1 is 1.60 bits per heavy atom. The average molecular weight is 178 g/mol. The molecule has 1 rings (SSSR count). The predicted molar refractivity (Wildman–Crippen MR) is 45.8 cm³/mol. The van der Waals surface area contributed by atoms with Crippen LogP contribution in [-0.2, 0) is 5.88 Å². The molecule has 3 heteroatoms. The van der Waals surface area contributed by atoms with Gasteiger partial charge in [0.25, 0.3) is 0 Å². The summed E-state index contributed by atoms with van der Waals surface area (Å²) >= 11 is 5.57. The van der Waals surface area contributed by atoms with E-state index in [0.717, 1.165) is 11.3 Å². The lowest BCUT2D eigenvalue weighted by Crippen LogP contribution is -1.86. The fraction of sp³-hybridized carbons (Fsp3) is 0.286. The van der Waals surface area contributed by atoms with Crippen molar-refractivity contribution in [2.24, 2.45) is 0 Å². The Hall–Kier alpha value is -0.270. The molecule has 0 saturated carbocycles. The molecule has 0 fully saturated rings. The summed E-state index contributed by atoms with van der Waals surface area (Å²) in [6.07, 6.45) is 1.75. The highest BCUT2D eigenvalue weighted by Gasteiger charge is 1.92. The molecular formula is C7H9Cl2N. The number of aromatic nitrogens is 1. The first-order chi connectivity index (χ1) is 4.34. The van der Waals surface area contributed by atoms with E-state index in [0.29, 0.717) is 5.88 Å². The normalized spacial score (nSPS) is 8.60. The van der Waals surface area contributed by atoms with Gasteiger partial charge in [0.1, 0.15) is 0 Å². The Labute approximate surface area is 71.8 Å². The Morgan fingerprint density at radius 2 is 2.30 bits per heavy atom. The van der Waals surface area contributed by atoms with Gasteiger partial charge in [-0.2, -0.15) is 0 Å². The zero-order chi connectivity index (χ0) is 6.69. The Bertz CT molecular complexity index is 201. The van der Waals surface area contributed by atoms with Crippen LogP contribution in [0.2, 0.25) is 0 Å². The highest BCUT2D eigenvalue weighted by molar-refractivity contribution is 6.16. The summed E-state index contributed by atoms with van der Waals surface area (Å²) in [6, 6.07) is 3.91. The molecule has 0 aliphatic carbocycles. The van der Waals surface area contributed by atoms with E-state index in [-0.39, 0.29) is 12.4 Å². The number of hydrogen-bond donors (Lipinski definition) is 0. The summed E-state index contributed by atoms with van der Waals surface area (Å²) < 4.78 is 0. The van der Waals surface area contributed by atoms with E-state index in [1.54, 1.807) is 6.20 Å². The zero-order valence-electron chi connectivity index (χ0n) is 5.67. The smallest absolute Gasteiger partial charge is 0.0650 e. The fourth-order valence-electron chi connectivity index (χ4n) is 0.658. The molecule has 10 heavy (non-hydrogen) atoms. The van der Waals surface area contributed by atoms with Crippen molar-refractivity contribution < 1.29 is 0 Å². The molecule has 56 valence electrons. The molecule has 1 aromatic heterocycles. The molecule has 1 aromatic rings. The number of pyridine rings is 1. The highest BCUT2D eigenvalue weighted by Crippen LogP contribution is 2.04. The lowest BCUT2D eigenvalue weighted by molar-refractivity contribution is 1.12. The van der Waals surface area contributed by atoms with Crippen LogP contribution in [0.4, 0.5) is 0 Å². The van der Waals surface area contributed by atoms with E-state index in [1.807, 2.05) is 19.1 Å². The molecule has 0 amide bonds. The van der Waals surface area contributed by atoms with Gasteiger partial charge in [0.15, 0.2) is 0 Å². The van der Waals surface area contributed by atoms with Gasteiger partial charge < -0.3 is 0 Å². The molecule has 0 saturated heterocycles. The molecule has 0 unspecified atom stereocenters. The van der Waals surface area contributed by atoms with Crippen LogP contribution >= 0.6 is 24.0 Å². The van der Waals surface area contributed by atoms with E-state index in [4.69, 9.17) is 11.6 Å². The quantitative estimate of drug-likeness (QED) is 0.602. The van der Waals surface area contributed by atoms with Crippen molar-refractivity contribution in [2.75, 3.05) is 0 Å². The molecule has 0 atom stereocenters. The molecule has 0 N–H and O–H groups in total. The van der Waals surface area contributed by atoms with Crippen molar-refractivity contribution in [3.63, 3.8) is 0 Å². The molecule has 0 aliphatic heterocycles. The van der Waals surface area contributed by atoms with E-state index in [9.17, 15) is 0 Å². The van der Waals surface area contributed by atoms with E-state index >= 15 is 0 Å². The second-order valence-electron chi connectivity index (χ2n) is 1.90. The Balaban J connectivity index is 0.000000810. The third-order valence-electron chi connectivity index (χ3n) is 1.24. The molecule has 0 spiro atoms. The van der Waals surface area contributed by atoms with Crippen LogP contribution in [0.3, 0.4) is 0 Å².